The number of amides is 1. The summed E-state index contributed by atoms with van der Waals surface area (Å²) in [6.45, 7) is -0.245. The smallest absolute Gasteiger partial charge is 0.405 e. The van der Waals surface area contributed by atoms with E-state index < -0.39 is 31.1 Å². The van der Waals surface area contributed by atoms with Crippen LogP contribution in [0.5, 0.6) is 0 Å². The van der Waals surface area contributed by atoms with Crippen molar-refractivity contribution in [3.05, 3.63) is 24.0 Å². The Balaban J connectivity index is 3.04. The number of carbonyl (C=O) groups is 2. The van der Waals surface area contributed by atoms with Crippen LogP contribution in [0.4, 0.5) is 18.9 Å². The molecule has 0 atom stereocenters. The van der Waals surface area contributed by atoms with E-state index in [0.29, 0.717) is 11.4 Å². The zero-order valence-electron chi connectivity index (χ0n) is 11.1. The number of aliphatic carboxylic acids is 1. The molecule has 0 fully saturated rings. The lowest BCUT2D eigenvalue weighted by Gasteiger charge is -2.24. The van der Waals surface area contributed by atoms with Gasteiger partial charge in [-0.25, -0.2) is 0 Å². The fourth-order valence-corrected chi connectivity index (χ4v) is 1.61. The second kappa shape index (κ2) is 6.91. The van der Waals surface area contributed by atoms with Gasteiger partial charge in [-0.2, -0.15) is 13.2 Å². The number of hydrogen-bond acceptors (Lipinski definition) is 4. The van der Waals surface area contributed by atoms with Crippen molar-refractivity contribution in [1.29, 1.82) is 0 Å². The monoisotopic (exact) mass is 305 g/mol. The molecule has 1 aromatic rings. The van der Waals surface area contributed by atoms with Gasteiger partial charge in [0.25, 0.3) is 5.91 Å². The Bertz CT molecular complexity index is 520. The van der Waals surface area contributed by atoms with Gasteiger partial charge < -0.3 is 15.3 Å². The SMILES string of the molecule is CCNC(=O)c1cc(N(CC(=O)O)CC(F)(F)F)ccn1. The van der Waals surface area contributed by atoms with E-state index in [2.05, 4.69) is 10.3 Å². The van der Waals surface area contributed by atoms with E-state index in [4.69, 9.17) is 5.11 Å². The van der Waals surface area contributed by atoms with Gasteiger partial charge in [0.15, 0.2) is 0 Å². The van der Waals surface area contributed by atoms with Gasteiger partial charge in [-0.1, -0.05) is 0 Å². The molecule has 6 nitrogen and oxygen atoms in total. The van der Waals surface area contributed by atoms with Gasteiger partial charge in [-0.15, -0.1) is 0 Å². The Morgan fingerprint density at radius 1 is 1.43 bits per heavy atom. The van der Waals surface area contributed by atoms with Crippen LogP contribution < -0.4 is 10.2 Å². The number of halogens is 3. The lowest BCUT2D eigenvalue weighted by Crippen LogP contribution is -2.38. The molecule has 1 heterocycles. The summed E-state index contributed by atoms with van der Waals surface area (Å²) in [5.74, 6) is -1.95. The lowest BCUT2D eigenvalue weighted by atomic mass is 10.2. The van der Waals surface area contributed by atoms with E-state index >= 15 is 0 Å². The summed E-state index contributed by atoms with van der Waals surface area (Å²) < 4.78 is 37.5. The van der Waals surface area contributed by atoms with Crippen LogP contribution in [0.3, 0.4) is 0 Å². The number of carboxylic acid groups (broad SMARTS) is 1. The summed E-state index contributed by atoms with van der Waals surface area (Å²) in [4.78, 5) is 26.6. The van der Waals surface area contributed by atoms with Gasteiger partial charge in [-0.05, 0) is 19.1 Å². The van der Waals surface area contributed by atoms with Crippen molar-refractivity contribution in [2.45, 2.75) is 13.1 Å². The van der Waals surface area contributed by atoms with Crippen LogP contribution in [-0.2, 0) is 4.79 Å². The van der Waals surface area contributed by atoms with E-state index in [1.807, 2.05) is 0 Å². The molecule has 0 saturated carbocycles. The molecule has 0 unspecified atom stereocenters. The predicted molar refractivity (Wildman–Crippen MR) is 68.1 cm³/mol. The fourth-order valence-electron chi connectivity index (χ4n) is 1.61. The normalized spacial score (nSPS) is 11.0. The third-order valence-corrected chi connectivity index (χ3v) is 2.37. The van der Waals surface area contributed by atoms with E-state index in [0.717, 1.165) is 12.3 Å². The van der Waals surface area contributed by atoms with Crippen molar-refractivity contribution >= 4 is 17.6 Å². The second-order valence-electron chi connectivity index (χ2n) is 4.12. The minimum absolute atomic E-state index is 0.0361. The van der Waals surface area contributed by atoms with Crippen LogP contribution in [0.1, 0.15) is 17.4 Å². The summed E-state index contributed by atoms with van der Waals surface area (Å²) in [7, 11) is 0. The Hall–Kier alpha value is -2.32. The first kappa shape index (κ1) is 16.7. The minimum atomic E-state index is -4.56. The number of anilines is 1. The molecule has 0 spiro atoms. The molecular weight excluding hydrogens is 291 g/mol. The van der Waals surface area contributed by atoms with Crippen LogP contribution in [0.2, 0.25) is 0 Å². The molecule has 0 aliphatic carbocycles. The molecule has 0 aliphatic heterocycles. The maximum absolute atomic E-state index is 12.5. The van der Waals surface area contributed by atoms with Crippen molar-refractivity contribution in [2.75, 3.05) is 24.5 Å². The average molecular weight is 305 g/mol. The second-order valence-corrected chi connectivity index (χ2v) is 4.12. The molecule has 0 bridgehead atoms. The molecule has 0 aliphatic rings. The highest BCUT2D eigenvalue weighted by atomic mass is 19.4. The zero-order valence-corrected chi connectivity index (χ0v) is 11.1. The Morgan fingerprint density at radius 2 is 2.10 bits per heavy atom. The van der Waals surface area contributed by atoms with Gasteiger partial charge >= 0.3 is 12.1 Å². The van der Waals surface area contributed by atoms with Crippen molar-refractivity contribution in [2.24, 2.45) is 0 Å². The first-order valence-corrected chi connectivity index (χ1v) is 6.00. The van der Waals surface area contributed by atoms with Gasteiger partial charge in [0.2, 0.25) is 0 Å². The summed E-state index contributed by atoms with van der Waals surface area (Å²) in [6.07, 6.45) is -3.41. The van der Waals surface area contributed by atoms with Crippen molar-refractivity contribution in [3.8, 4) is 0 Å². The number of nitrogens with one attached hydrogen (secondary N) is 1. The van der Waals surface area contributed by atoms with Crippen LogP contribution in [0.25, 0.3) is 0 Å². The predicted octanol–water partition coefficient (Wildman–Crippen LogP) is 1.28. The van der Waals surface area contributed by atoms with Crippen molar-refractivity contribution in [3.63, 3.8) is 0 Å². The van der Waals surface area contributed by atoms with Gasteiger partial charge in [0, 0.05) is 18.4 Å². The molecule has 1 aromatic heterocycles. The largest absolute Gasteiger partial charge is 0.480 e. The number of hydrogen-bond donors (Lipinski definition) is 2. The van der Waals surface area contributed by atoms with Crippen molar-refractivity contribution in [1.82, 2.24) is 10.3 Å². The molecule has 0 aromatic carbocycles. The highest BCUT2D eigenvalue weighted by Gasteiger charge is 2.32. The summed E-state index contributed by atoms with van der Waals surface area (Å²) in [5.41, 5.74) is -0.113. The molecule has 9 heteroatoms. The van der Waals surface area contributed by atoms with Crippen LogP contribution >= 0.6 is 0 Å². The number of alkyl halides is 3. The molecule has 2 N–H and O–H groups in total. The van der Waals surface area contributed by atoms with Gasteiger partial charge in [0.05, 0.1) is 0 Å². The van der Waals surface area contributed by atoms with Gasteiger partial charge in [0.1, 0.15) is 18.8 Å². The van der Waals surface area contributed by atoms with E-state index in [1.54, 1.807) is 6.92 Å². The molecule has 21 heavy (non-hydrogen) atoms. The summed E-state index contributed by atoms with van der Waals surface area (Å²) in [6, 6.07) is 2.34. The van der Waals surface area contributed by atoms with E-state index in [1.165, 1.54) is 6.07 Å². The summed E-state index contributed by atoms with van der Waals surface area (Å²) in [5, 5.41) is 11.2. The Morgan fingerprint density at radius 3 is 2.62 bits per heavy atom. The first-order valence-electron chi connectivity index (χ1n) is 6.00. The highest BCUT2D eigenvalue weighted by Crippen LogP contribution is 2.22. The maximum Gasteiger partial charge on any atom is 0.405 e. The van der Waals surface area contributed by atoms with Crippen LogP contribution in [-0.4, -0.2) is 47.8 Å². The molecular formula is C12H14F3N3O3. The number of aromatic nitrogens is 1. The summed E-state index contributed by atoms with van der Waals surface area (Å²) >= 11 is 0. The van der Waals surface area contributed by atoms with E-state index in [9.17, 15) is 22.8 Å². The number of rotatable bonds is 6. The lowest BCUT2D eigenvalue weighted by molar-refractivity contribution is -0.136. The molecule has 116 valence electrons. The Kier molecular flexibility index (Phi) is 5.51. The fraction of sp³-hybridized carbons (Fsp3) is 0.417. The third kappa shape index (κ3) is 5.67. The number of carbonyl (C=O) groups excluding carboxylic acids is 1. The van der Waals surface area contributed by atoms with Crippen LogP contribution in [0.15, 0.2) is 18.3 Å². The third-order valence-electron chi connectivity index (χ3n) is 2.37. The number of carboxylic acids is 1. The molecule has 1 amide bonds. The van der Waals surface area contributed by atoms with Crippen molar-refractivity contribution < 1.29 is 27.9 Å². The number of nitrogens with zero attached hydrogens (tertiary/aromatic N) is 2. The van der Waals surface area contributed by atoms with Gasteiger partial charge in [-0.3, -0.25) is 14.6 Å². The first-order chi connectivity index (χ1) is 9.73. The van der Waals surface area contributed by atoms with Crippen LogP contribution in [0, 0.1) is 0 Å². The Labute approximate surface area is 118 Å². The molecule has 0 radical (unpaired) electrons. The topological polar surface area (TPSA) is 82.5 Å². The quantitative estimate of drug-likeness (QED) is 0.827. The zero-order chi connectivity index (χ0) is 16.0. The average Bonchev–Trinajstić information content (AvgIpc) is 2.36. The highest BCUT2D eigenvalue weighted by molar-refractivity contribution is 5.93. The standard InChI is InChI=1S/C12H14F3N3O3/c1-2-16-11(21)9-5-8(3-4-17-9)18(6-10(19)20)7-12(13,14)15/h3-5H,2,6-7H2,1H3,(H,16,21)(H,19,20). The minimum Gasteiger partial charge on any atom is -0.480 e. The molecule has 0 saturated heterocycles. The van der Waals surface area contributed by atoms with E-state index in [-0.39, 0.29) is 11.4 Å². The number of pyridine rings is 1. The molecule has 1 rings (SSSR count). The maximum atomic E-state index is 12.5.